The summed E-state index contributed by atoms with van der Waals surface area (Å²) in [5, 5.41) is 9.76. The molecule has 70 valence electrons. The van der Waals surface area contributed by atoms with Crippen LogP contribution in [0.2, 0.25) is 0 Å². The fourth-order valence-electron chi connectivity index (χ4n) is 1.70. The molecule has 0 amide bonds. The summed E-state index contributed by atoms with van der Waals surface area (Å²) in [6.07, 6.45) is 3.42. The van der Waals surface area contributed by atoms with E-state index in [4.69, 9.17) is 5.26 Å². The summed E-state index contributed by atoms with van der Waals surface area (Å²) in [5.74, 6) is 0. The van der Waals surface area contributed by atoms with Crippen molar-refractivity contribution in [3.63, 3.8) is 0 Å². The van der Waals surface area contributed by atoms with Gasteiger partial charge in [0.05, 0.1) is 6.07 Å². The standard InChI is InChI=1S/C12H12N2/c1-9-4-5-11-10(3-2-6-13)8-14-12(11)7-9/h4-5,7-8,14H,2-3H2,1H3. The number of benzene rings is 1. The normalized spacial score (nSPS) is 10.3. The lowest BCUT2D eigenvalue weighted by atomic mass is 10.1. The highest BCUT2D eigenvalue weighted by Gasteiger charge is 2.02. The topological polar surface area (TPSA) is 39.6 Å². The van der Waals surface area contributed by atoms with Crippen LogP contribution in [0.4, 0.5) is 0 Å². The van der Waals surface area contributed by atoms with Gasteiger partial charge in [0, 0.05) is 23.5 Å². The third-order valence-electron chi connectivity index (χ3n) is 2.43. The predicted octanol–water partition coefficient (Wildman–Crippen LogP) is 2.93. The molecule has 2 aromatic rings. The molecule has 0 atom stereocenters. The van der Waals surface area contributed by atoms with Crippen LogP contribution < -0.4 is 0 Å². The number of nitriles is 1. The highest BCUT2D eigenvalue weighted by molar-refractivity contribution is 5.83. The summed E-state index contributed by atoms with van der Waals surface area (Å²) in [5.41, 5.74) is 3.66. The third-order valence-corrected chi connectivity index (χ3v) is 2.43. The zero-order valence-electron chi connectivity index (χ0n) is 8.17. The summed E-state index contributed by atoms with van der Waals surface area (Å²) in [4.78, 5) is 3.23. The summed E-state index contributed by atoms with van der Waals surface area (Å²) in [6.45, 7) is 2.08. The van der Waals surface area contributed by atoms with Crippen molar-refractivity contribution in [1.82, 2.24) is 4.98 Å². The Morgan fingerprint density at radius 1 is 1.43 bits per heavy atom. The minimum absolute atomic E-state index is 0.584. The summed E-state index contributed by atoms with van der Waals surface area (Å²) < 4.78 is 0. The number of aromatic amines is 1. The van der Waals surface area contributed by atoms with Crippen LogP contribution in [0.5, 0.6) is 0 Å². The monoisotopic (exact) mass is 184 g/mol. The van der Waals surface area contributed by atoms with Gasteiger partial charge in [0.15, 0.2) is 0 Å². The zero-order valence-corrected chi connectivity index (χ0v) is 8.17. The van der Waals surface area contributed by atoms with Crippen LogP contribution in [-0.2, 0) is 6.42 Å². The van der Waals surface area contributed by atoms with E-state index in [9.17, 15) is 0 Å². The number of aryl methyl sites for hydroxylation is 2. The average molecular weight is 184 g/mol. The fraction of sp³-hybridized carbons (Fsp3) is 0.250. The van der Waals surface area contributed by atoms with Crippen LogP contribution in [0.25, 0.3) is 10.9 Å². The largest absolute Gasteiger partial charge is 0.361 e. The van der Waals surface area contributed by atoms with E-state index in [2.05, 4.69) is 36.2 Å². The van der Waals surface area contributed by atoms with Crippen LogP contribution in [0, 0.1) is 18.3 Å². The van der Waals surface area contributed by atoms with Crippen LogP contribution >= 0.6 is 0 Å². The molecule has 0 saturated carbocycles. The van der Waals surface area contributed by atoms with Crippen molar-refractivity contribution in [2.45, 2.75) is 19.8 Å². The SMILES string of the molecule is Cc1ccc2c(CCC#N)c[nH]c2c1. The first-order chi connectivity index (χ1) is 6.81. The summed E-state index contributed by atoms with van der Waals surface area (Å²) in [6, 6.07) is 8.52. The number of hydrogen-bond acceptors (Lipinski definition) is 1. The quantitative estimate of drug-likeness (QED) is 0.765. The molecular weight excluding hydrogens is 172 g/mol. The molecule has 0 aliphatic heterocycles. The van der Waals surface area contributed by atoms with Crippen molar-refractivity contribution in [2.75, 3.05) is 0 Å². The maximum Gasteiger partial charge on any atom is 0.0625 e. The molecule has 0 aliphatic rings. The number of fused-ring (bicyclic) bond motifs is 1. The molecule has 14 heavy (non-hydrogen) atoms. The number of aromatic nitrogens is 1. The Balaban J connectivity index is 2.43. The van der Waals surface area contributed by atoms with Crippen molar-refractivity contribution in [3.05, 3.63) is 35.5 Å². The maximum atomic E-state index is 8.52. The smallest absolute Gasteiger partial charge is 0.0625 e. The van der Waals surface area contributed by atoms with Crippen molar-refractivity contribution >= 4 is 10.9 Å². The molecule has 1 N–H and O–H groups in total. The van der Waals surface area contributed by atoms with Gasteiger partial charge in [-0.05, 0) is 30.5 Å². The Hall–Kier alpha value is -1.75. The predicted molar refractivity (Wildman–Crippen MR) is 57.0 cm³/mol. The molecule has 0 spiro atoms. The molecule has 2 nitrogen and oxygen atoms in total. The van der Waals surface area contributed by atoms with E-state index in [0.29, 0.717) is 6.42 Å². The minimum Gasteiger partial charge on any atom is -0.361 e. The van der Waals surface area contributed by atoms with Gasteiger partial charge in [0.1, 0.15) is 0 Å². The van der Waals surface area contributed by atoms with Gasteiger partial charge in [-0.25, -0.2) is 0 Å². The average Bonchev–Trinajstić information content (AvgIpc) is 2.57. The molecule has 0 bridgehead atoms. The van der Waals surface area contributed by atoms with E-state index in [1.54, 1.807) is 0 Å². The Morgan fingerprint density at radius 2 is 2.29 bits per heavy atom. The Bertz CT molecular complexity index is 488. The number of hydrogen-bond donors (Lipinski definition) is 1. The van der Waals surface area contributed by atoms with Crippen LogP contribution in [0.15, 0.2) is 24.4 Å². The molecule has 1 aromatic carbocycles. The van der Waals surface area contributed by atoms with Crippen LogP contribution in [0.1, 0.15) is 17.5 Å². The van der Waals surface area contributed by atoms with Crippen molar-refractivity contribution in [3.8, 4) is 6.07 Å². The van der Waals surface area contributed by atoms with Crippen molar-refractivity contribution in [1.29, 1.82) is 5.26 Å². The van der Waals surface area contributed by atoms with Crippen LogP contribution in [-0.4, -0.2) is 4.98 Å². The van der Waals surface area contributed by atoms with E-state index in [1.807, 2.05) is 6.20 Å². The summed E-state index contributed by atoms with van der Waals surface area (Å²) >= 11 is 0. The molecule has 0 radical (unpaired) electrons. The number of nitrogens with one attached hydrogen (secondary N) is 1. The second kappa shape index (κ2) is 3.55. The van der Waals surface area contributed by atoms with Gasteiger partial charge in [-0.1, -0.05) is 12.1 Å². The number of rotatable bonds is 2. The van der Waals surface area contributed by atoms with Crippen molar-refractivity contribution in [2.24, 2.45) is 0 Å². The van der Waals surface area contributed by atoms with E-state index in [-0.39, 0.29) is 0 Å². The maximum absolute atomic E-state index is 8.52. The molecule has 2 heteroatoms. The van der Waals surface area contributed by atoms with Gasteiger partial charge in [-0.15, -0.1) is 0 Å². The summed E-state index contributed by atoms with van der Waals surface area (Å²) in [7, 11) is 0. The molecule has 0 aliphatic carbocycles. The van der Waals surface area contributed by atoms with Gasteiger partial charge in [-0.2, -0.15) is 5.26 Å². The lowest BCUT2D eigenvalue weighted by Crippen LogP contribution is -1.80. The number of H-pyrrole nitrogens is 1. The highest BCUT2D eigenvalue weighted by atomic mass is 14.7. The van der Waals surface area contributed by atoms with E-state index >= 15 is 0 Å². The molecule has 0 fully saturated rings. The van der Waals surface area contributed by atoms with Crippen molar-refractivity contribution < 1.29 is 0 Å². The van der Waals surface area contributed by atoms with E-state index < -0.39 is 0 Å². The molecule has 2 rings (SSSR count). The second-order valence-electron chi connectivity index (χ2n) is 3.52. The van der Waals surface area contributed by atoms with Gasteiger partial charge in [-0.3, -0.25) is 0 Å². The molecule has 1 heterocycles. The molecular formula is C12H12N2. The third kappa shape index (κ3) is 1.49. The Morgan fingerprint density at radius 3 is 3.07 bits per heavy atom. The molecule has 0 saturated heterocycles. The first-order valence-corrected chi connectivity index (χ1v) is 4.75. The van der Waals surface area contributed by atoms with Gasteiger partial charge < -0.3 is 4.98 Å². The van der Waals surface area contributed by atoms with Gasteiger partial charge >= 0.3 is 0 Å². The highest BCUT2D eigenvalue weighted by Crippen LogP contribution is 2.20. The van der Waals surface area contributed by atoms with Gasteiger partial charge in [0.25, 0.3) is 0 Å². The number of nitrogens with zero attached hydrogens (tertiary/aromatic N) is 1. The minimum atomic E-state index is 0.584. The Kier molecular flexibility index (Phi) is 2.24. The Labute approximate surface area is 83.2 Å². The fourth-order valence-corrected chi connectivity index (χ4v) is 1.70. The lowest BCUT2D eigenvalue weighted by molar-refractivity contribution is 1.02. The molecule has 1 aromatic heterocycles. The lowest BCUT2D eigenvalue weighted by Gasteiger charge is -1.95. The van der Waals surface area contributed by atoms with E-state index in [1.165, 1.54) is 16.5 Å². The molecule has 0 unspecified atom stereocenters. The van der Waals surface area contributed by atoms with Crippen LogP contribution in [0.3, 0.4) is 0 Å². The first-order valence-electron chi connectivity index (χ1n) is 4.75. The first kappa shape index (κ1) is 8.83. The second-order valence-corrected chi connectivity index (χ2v) is 3.52. The zero-order chi connectivity index (χ0) is 9.97. The van der Waals surface area contributed by atoms with E-state index in [0.717, 1.165) is 11.9 Å². The van der Waals surface area contributed by atoms with Gasteiger partial charge in [0.2, 0.25) is 0 Å².